The second-order valence-electron chi connectivity index (χ2n) is 6.37. The Hall–Kier alpha value is -3.38. The van der Waals surface area contributed by atoms with E-state index in [2.05, 4.69) is 45.6 Å². The van der Waals surface area contributed by atoms with Crippen LogP contribution in [0, 0.1) is 0 Å². The van der Waals surface area contributed by atoms with Crippen molar-refractivity contribution in [2.45, 2.75) is 6.54 Å². The van der Waals surface area contributed by atoms with Gasteiger partial charge in [-0.15, -0.1) is 11.3 Å². The minimum absolute atomic E-state index is 0.285. The summed E-state index contributed by atoms with van der Waals surface area (Å²) in [6, 6.07) is 18.3. The van der Waals surface area contributed by atoms with E-state index in [-0.39, 0.29) is 6.79 Å². The lowest BCUT2D eigenvalue weighted by Crippen LogP contribution is -2.01. The average Bonchev–Trinajstić information content (AvgIpc) is 3.37. The zero-order valence-corrected chi connectivity index (χ0v) is 15.8. The number of ether oxygens (including phenoxy) is 2. The monoisotopic (exact) mass is 387 g/mol. The first-order valence-corrected chi connectivity index (χ1v) is 9.77. The third kappa shape index (κ3) is 3.42. The molecule has 0 bridgehead atoms. The molecule has 1 aliphatic rings. The van der Waals surface area contributed by atoms with Crippen molar-refractivity contribution in [2.24, 2.45) is 0 Å². The molecule has 6 heteroatoms. The predicted molar refractivity (Wildman–Crippen MR) is 113 cm³/mol. The fourth-order valence-corrected chi connectivity index (χ4v) is 4.04. The van der Waals surface area contributed by atoms with Crippen LogP contribution in [-0.4, -0.2) is 16.8 Å². The molecule has 4 aromatic rings. The molecule has 0 atom stereocenters. The highest BCUT2D eigenvalue weighted by atomic mass is 32.1. The Balaban J connectivity index is 1.36. The smallest absolute Gasteiger partial charge is 0.231 e. The lowest BCUT2D eigenvalue weighted by Gasteiger charge is -2.07. The van der Waals surface area contributed by atoms with Gasteiger partial charge in [-0.1, -0.05) is 42.5 Å². The molecule has 2 aromatic heterocycles. The van der Waals surface area contributed by atoms with Gasteiger partial charge in [-0.3, -0.25) is 0 Å². The predicted octanol–water partition coefficient (Wildman–Crippen LogP) is 5.20. The maximum Gasteiger partial charge on any atom is 0.231 e. The van der Waals surface area contributed by atoms with Gasteiger partial charge in [0.1, 0.15) is 12.1 Å². The highest BCUT2D eigenvalue weighted by Gasteiger charge is 2.13. The second-order valence-corrected chi connectivity index (χ2v) is 7.45. The first-order valence-electron chi connectivity index (χ1n) is 8.95. The molecule has 28 heavy (non-hydrogen) atoms. The zero-order chi connectivity index (χ0) is 18.8. The number of anilines is 1. The van der Waals surface area contributed by atoms with Crippen molar-refractivity contribution in [3.63, 3.8) is 0 Å². The third-order valence-electron chi connectivity index (χ3n) is 4.47. The lowest BCUT2D eigenvalue weighted by molar-refractivity contribution is 0.174. The minimum atomic E-state index is 0.285. The molecule has 0 fully saturated rings. The van der Waals surface area contributed by atoms with Gasteiger partial charge in [0.25, 0.3) is 0 Å². The van der Waals surface area contributed by atoms with Crippen LogP contribution in [0.15, 0.2) is 60.9 Å². The summed E-state index contributed by atoms with van der Waals surface area (Å²) in [7, 11) is 0. The van der Waals surface area contributed by atoms with Crippen LogP contribution >= 0.6 is 11.3 Å². The van der Waals surface area contributed by atoms with Gasteiger partial charge in [0, 0.05) is 11.4 Å². The van der Waals surface area contributed by atoms with Crippen molar-refractivity contribution in [3.8, 4) is 11.5 Å². The number of benzene rings is 2. The molecule has 0 unspecified atom stereocenters. The van der Waals surface area contributed by atoms with E-state index in [1.165, 1.54) is 5.56 Å². The lowest BCUT2D eigenvalue weighted by atomic mass is 10.2. The van der Waals surface area contributed by atoms with Gasteiger partial charge in [-0.25, -0.2) is 9.97 Å². The van der Waals surface area contributed by atoms with Crippen molar-refractivity contribution >= 4 is 39.5 Å². The van der Waals surface area contributed by atoms with Gasteiger partial charge in [-0.05, 0) is 35.4 Å². The number of fused-ring (bicyclic) bond motifs is 2. The first kappa shape index (κ1) is 16.8. The maximum absolute atomic E-state index is 5.45. The van der Waals surface area contributed by atoms with Crippen molar-refractivity contribution in [3.05, 3.63) is 76.9 Å². The Morgan fingerprint density at radius 1 is 0.964 bits per heavy atom. The van der Waals surface area contributed by atoms with E-state index in [0.29, 0.717) is 6.54 Å². The topological polar surface area (TPSA) is 56.3 Å². The average molecular weight is 387 g/mol. The number of thiophene rings is 1. The largest absolute Gasteiger partial charge is 0.454 e. The molecule has 5 rings (SSSR count). The number of hydrogen-bond donors (Lipinski definition) is 1. The summed E-state index contributed by atoms with van der Waals surface area (Å²) in [6.45, 7) is 0.934. The van der Waals surface area contributed by atoms with Crippen molar-refractivity contribution in [1.29, 1.82) is 0 Å². The normalized spacial score (nSPS) is 12.7. The number of rotatable bonds is 5. The van der Waals surface area contributed by atoms with E-state index in [1.54, 1.807) is 17.7 Å². The highest BCUT2D eigenvalue weighted by molar-refractivity contribution is 7.20. The molecule has 1 N–H and O–H groups in total. The highest BCUT2D eigenvalue weighted by Crippen LogP contribution is 2.33. The molecule has 5 nitrogen and oxygen atoms in total. The Kier molecular flexibility index (Phi) is 4.39. The van der Waals surface area contributed by atoms with E-state index in [1.807, 2.05) is 36.4 Å². The third-order valence-corrected chi connectivity index (χ3v) is 5.56. The molecule has 0 saturated heterocycles. The molecule has 0 aliphatic carbocycles. The first-order chi connectivity index (χ1) is 13.8. The Morgan fingerprint density at radius 3 is 2.79 bits per heavy atom. The molecule has 0 amide bonds. The summed E-state index contributed by atoms with van der Waals surface area (Å²) in [5.41, 5.74) is 3.23. The molecular formula is C22H17N3O2S. The van der Waals surface area contributed by atoms with Gasteiger partial charge in [0.05, 0.1) is 10.2 Å². The standard InChI is InChI=1S/C22H17N3O2S/c1-2-4-15(5-3-1)6-8-17-11-18-21(28-17)22(25-13-24-18)23-12-16-7-9-19-20(10-16)27-14-26-19/h1-11,13H,12,14H2,(H,23,24,25). The van der Waals surface area contributed by atoms with Crippen LogP contribution < -0.4 is 14.8 Å². The van der Waals surface area contributed by atoms with Crippen LogP contribution in [0.4, 0.5) is 5.82 Å². The van der Waals surface area contributed by atoms with E-state index in [0.717, 1.165) is 38.0 Å². The van der Waals surface area contributed by atoms with Crippen LogP contribution in [0.1, 0.15) is 16.0 Å². The summed E-state index contributed by atoms with van der Waals surface area (Å²) in [6.07, 6.45) is 5.82. The number of aromatic nitrogens is 2. The molecule has 0 saturated carbocycles. The fourth-order valence-electron chi connectivity index (χ4n) is 3.06. The van der Waals surface area contributed by atoms with Gasteiger partial charge >= 0.3 is 0 Å². The molecule has 3 heterocycles. The maximum atomic E-state index is 5.45. The molecular weight excluding hydrogens is 370 g/mol. The van der Waals surface area contributed by atoms with E-state index in [4.69, 9.17) is 9.47 Å². The van der Waals surface area contributed by atoms with Gasteiger partial charge < -0.3 is 14.8 Å². The number of nitrogens with one attached hydrogen (secondary N) is 1. The molecule has 2 aromatic carbocycles. The van der Waals surface area contributed by atoms with Crippen LogP contribution in [0.5, 0.6) is 11.5 Å². The van der Waals surface area contributed by atoms with Crippen LogP contribution in [0.2, 0.25) is 0 Å². The van der Waals surface area contributed by atoms with Gasteiger partial charge in [0.15, 0.2) is 11.5 Å². The number of nitrogens with zero attached hydrogens (tertiary/aromatic N) is 2. The van der Waals surface area contributed by atoms with Crippen LogP contribution in [-0.2, 0) is 6.54 Å². The summed E-state index contributed by atoms with van der Waals surface area (Å²) in [4.78, 5) is 9.99. The summed E-state index contributed by atoms with van der Waals surface area (Å²) < 4.78 is 11.9. The van der Waals surface area contributed by atoms with Crippen LogP contribution in [0.25, 0.3) is 22.4 Å². The van der Waals surface area contributed by atoms with Crippen LogP contribution in [0.3, 0.4) is 0 Å². The van der Waals surface area contributed by atoms with Crippen molar-refractivity contribution < 1.29 is 9.47 Å². The second kappa shape index (κ2) is 7.32. The molecule has 1 aliphatic heterocycles. The number of hydrogen-bond acceptors (Lipinski definition) is 6. The van der Waals surface area contributed by atoms with Crippen molar-refractivity contribution in [2.75, 3.05) is 12.1 Å². The summed E-state index contributed by atoms with van der Waals surface area (Å²) in [5.74, 6) is 2.42. The molecule has 138 valence electrons. The van der Waals surface area contributed by atoms with Gasteiger partial charge in [0.2, 0.25) is 6.79 Å². The minimum Gasteiger partial charge on any atom is -0.454 e. The fraction of sp³-hybridized carbons (Fsp3) is 0.0909. The Morgan fingerprint density at radius 2 is 1.86 bits per heavy atom. The van der Waals surface area contributed by atoms with E-state index < -0.39 is 0 Å². The quantitative estimate of drug-likeness (QED) is 0.510. The molecule has 0 radical (unpaired) electrons. The SMILES string of the molecule is C(=Cc1cc2ncnc(NCc3ccc4c(c3)OCO4)c2s1)c1ccccc1. The summed E-state index contributed by atoms with van der Waals surface area (Å²) >= 11 is 1.68. The zero-order valence-electron chi connectivity index (χ0n) is 15.0. The van der Waals surface area contributed by atoms with Crippen molar-refractivity contribution in [1.82, 2.24) is 9.97 Å². The van der Waals surface area contributed by atoms with E-state index in [9.17, 15) is 0 Å². The molecule has 0 spiro atoms. The van der Waals surface area contributed by atoms with E-state index >= 15 is 0 Å². The Labute approximate surface area is 166 Å². The Bertz CT molecular complexity index is 1160. The summed E-state index contributed by atoms with van der Waals surface area (Å²) in [5, 5.41) is 3.42. The van der Waals surface area contributed by atoms with Gasteiger partial charge in [-0.2, -0.15) is 0 Å².